The third-order valence-electron chi connectivity index (χ3n) is 5.49. The van der Waals surface area contributed by atoms with Gasteiger partial charge < -0.3 is 19.7 Å². The summed E-state index contributed by atoms with van der Waals surface area (Å²) in [5.74, 6) is -4.10. The van der Waals surface area contributed by atoms with Crippen LogP contribution in [0.4, 0.5) is 29.5 Å². The van der Waals surface area contributed by atoms with E-state index in [1.165, 1.54) is 6.07 Å². The van der Waals surface area contributed by atoms with Gasteiger partial charge in [-0.15, -0.1) is 0 Å². The summed E-state index contributed by atoms with van der Waals surface area (Å²) in [4.78, 5) is 23.1. The molecule has 0 spiro atoms. The standard InChI is InChI=1S/C22H19F6N3O4S5/c1-4-34-10-6-9-7-31(21(29)11(9)13(23)16(10)35-5-2)22(40-28)15(33)12-17(36-24)14(30-8(3)32)19(38-26)20(39-27)18(12)37-25/h6,22,29H,4-5,7H2,1-3H3,(H,30,32). The van der Waals surface area contributed by atoms with Gasteiger partial charge >= 0.3 is 0 Å². The first-order valence-electron chi connectivity index (χ1n) is 11.1. The molecule has 1 unspecified atom stereocenters. The second kappa shape index (κ2) is 14.2. The van der Waals surface area contributed by atoms with Gasteiger partial charge in [-0.3, -0.25) is 15.0 Å². The molecule has 218 valence electrons. The van der Waals surface area contributed by atoms with Crippen LogP contribution in [0.25, 0.3) is 0 Å². The summed E-state index contributed by atoms with van der Waals surface area (Å²) >= 11 is -3.31. The topological polar surface area (TPSA) is 91.7 Å². The summed E-state index contributed by atoms with van der Waals surface area (Å²) in [5.41, 5.74) is -1.72. The van der Waals surface area contributed by atoms with Crippen molar-refractivity contribution in [1.82, 2.24) is 4.90 Å². The largest absolute Gasteiger partial charge is 0.490 e. The first-order valence-corrected chi connectivity index (χ1v) is 14.7. The number of fused-ring (bicyclic) bond motifs is 1. The van der Waals surface area contributed by atoms with Crippen molar-refractivity contribution in [1.29, 1.82) is 5.41 Å². The molecule has 1 atom stereocenters. The first-order chi connectivity index (χ1) is 19.1. The van der Waals surface area contributed by atoms with E-state index in [9.17, 15) is 29.0 Å². The molecule has 1 heterocycles. The third-order valence-corrected chi connectivity index (χ3v) is 8.64. The molecule has 1 amide bonds. The van der Waals surface area contributed by atoms with E-state index in [1.807, 2.05) is 0 Å². The summed E-state index contributed by atoms with van der Waals surface area (Å²) < 4.78 is 96.8. The second-order valence-electron chi connectivity index (χ2n) is 7.76. The molecule has 1 aliphatic heterocycles. The maximum atomic E-state index is 15.5. The Kier molecular flexibility index (Phi) is 11.6. The number of carbonyl (C=O) groups is 2. The number of benzene rings is 2. The van der Waals surface area contributed by atoms with E-state index in [2.05, 4.69) is 5.32 Å². The van der Waals surface area contributed by atoms with Gasteiger partial charge in [0.2, 0.25) is 11.7 Å². The number of carbonyl (C=O) groups excluding carboxylic acids is 2. The highest BCUT2D eigenvalue weighted by atomic mass is 32.2. The SMILES string of the molecule is CCOc1cc2c(c(F)c1OCC)C(=N)N(C(SF)C(=O)c1c(SF)c(NC(C)=O)c(SF)c(SF)c1SF)C2. The lowest BCUT2D eigenvalue weighted by molar-refractivity contribution is -0.114. The predicted octanol–water partition coefficient (Wildman–Crippen LogP) is 8.46. The molecule has 0 radical (unpaired) electrons. The summed E-state index contributed by atoms with van der Waals surface area (Å²) in [6, 6.07) is 1.37. The van der Waals surface area contributed by atoms with E-state index in [1.54, 1.807) is 13.8 Å². The number of anilines is 1. The van der Waals surface area contributed by atoms with Crippen LogP contribution in [0.1, 0.15) is 42.3 Å². The Bertz CT molecular complexity index is 1340. The third kappa shape index (κ3) is 5.96. The van der Waals surface area contributed by atoms with Crippen LogP contribution in [-0.2, 0) is 11.3 Å². The van der Waals surface area contributed by atoms with Crippen molar-refractivity contribution in [2.75, 3.05) is 18.5 Å². The van der Waals surface area contributed by atoms with Gasteiger partial charge in [-0.25, -0.2) is 4.39 Å². The molecule has 3 rings (SSSR count). The van der Waals surface area contributed by atoms with Crippen LogP contribution in [0.3, 0.4) is 0 Å². The fourth-order valence-electron chi connectivity index (χ4n) is 4.01. The fraction of sp³-hybridized carbons (Fsp3) is 0.318. The van der Waals surface area contributed by atoms with Crippen molar-refractivity contribution >= 4 is 84.0 Å². The minimum atomic E-state index is -2.02. The zero-order chi connectivity index (χ0) is 29.7. The van der Waals surface area contributed by atoms with Crippen molar-refractivity contribution in [2.24, 2.45) is 0 Å². The van der Waals surface area contributed by atoms with Crippen LogP contribution < -0.4 is 14.8 Å². The van der Waals surface area contributed by atoms with Gasteiger partial charge in [0.05, 0.1) is 110 Å². The van der Waals surface area contributed by atoms with Gasteiger partial charge in [0, 0.05) is 13.5 Å². The van der Waals surface area contributed by atoms with Gasteiger partial charge in [-0.05, 0) is 25.5 Å². The van der Waals surface area contributed by atoms with E-state index in [0.29, 0.717) is 0 Å². The Morgan fingerprint density at radius 2 is 1.60 bits per heavy atom. The maximum absolute atomic E-state index is 15.5. The van der Waals surface area contributed by atoms with Crippen LogP contribution in [0, 0.1) is 11.2 Å². The number of ether oxygens (including phenoxy) is 2. The van der Waals surface area contributed by atoms with Crippen LogP contribution in [-0.4, -0.2) is 41.0 Å². The van der Waals surface area contributed by atoms with Crippen LogP contribution in [0.5, 0.6) is 11.5 Å². The van der Waals surface area contributed by atoms with Crippen LogP contribution in [0.2, 0.25) is 0 Å². The van der Waals surface area contributed by atoms with Crippen molar-refractivity contribution in [3.05, 3.63) is 28.6 Å². The minimum absolute atomic E-state index is 0.0159. The van der Waals surface area contributed by atoms with Crippen LogP contribution >= 0.6 is 60.7 Å². The number of hydrogen-bond acceptors (Lipinski definition) is 10. The van der Waals surface area contributed by atoms with Gasteiger partial charge in [0.25, 0.3) is 0 Å². The average molecular weight is 664 g/mol. The number of amidine groups is 1. The summed E-state index contributed by atoms with van der Waals surface area (Å²) in [5, 5.41) is 8.60. The molecule has 0 aliphatic carbocycles. The molecule has 2 N–H and O–H groups in total. The Labute approximate surface area is 247 Å². The highest BCUT2D eigenvalue weighted by Gasteiger charge is 2.42. The molecular formula is C22H19F6N3O4S5. The van der Waals surface area contributed by atoms with E-state index in [-0.39, 0.29) is 42.4 Å². The minimum Gasteiger partial charge on any atom is -0.490 e. The molecule has 0 bridgehead atoms. The molecule has 0 aromatic heterocycles. The summed E-state index contributed by atoms with van der Waals surface area (Å²) in [7, 11) is 0. The summed E-state index contributed by atoms with van der Waals surface area (Å²) in [6.07, 6.45) is 0. The molecule has 7 nitrogen and oxygen atoms in total. The Hall–Kier alpha value is -2.02. The smallest absolute Gasteiger partial charge is 0.221 e. The molecule has 2 aromatic carbocycles. The Morgan fingerprint density at radius 1 is 1.00 bits per heavy atom. The number of amides is 1. The monoisotopic (exact) mass is 663 g/mol. The highest BCUT2D eigenvalue weighted by Crippen LogP contribution is 2.52. The average Bonchev–Trinajstić information content (AvgIpc) is 3.25. The Morgan fingerprint density at radius 3 is 2.10 bits per heavy atom. The van der Waals surface area contributed by atoms with Gasteiger partial charge in [0.15, 0.2) is 22.7 Å². The molecule has 1 aliphatic rings. The molecular weight excluding hydrogens is 645 g/mol. The first kappa shape index (κ1) is 32.5. The maximum Gasteiger partial charge on any atom is 0.221 e. The van der Waals surface area contributed by atoms with Gasteiger partial charge in [-0.2, -0.15) is 19.4 Å². The van der Waals surface area contributed by atoms with E-state index in [0.717, 1.165) is 11.8 Å². The van der Waals surface area contributed by atoms with E-state index >= 15 is 4.39 Å². The number of Topliss-reactive ketones (excluding diaryl/α,β-unsaturated/α-hetero) is 1. The quantitative estimate of drug-likeness (QED) is 0.161. The number of nitrogens with zero attached hydrogens (tertiary/aromatic N) is 1. The molecule has 0 fully saturated rings. The molecule has 0 saturated heterocycles. The van der Waals surface area contributed by atoms with Crippen molar-refractivity contribution in [3.8, 4) is 11.5 Å². The van der Waals surface area contributed by atoms with Crippen molar-refractivity contribution in [2.45, 2.75) is 52.3 Å². The zero-order valence-corrected chi connectivity index (χ0v) is 24.7. The molecule has 0 saturated carbocycles. The number of nitrogens with one attached hydrogen (secondary N) is 2. The van der Waals surface area contributed by atoms with Gasteiger partial charge in [0.1, 0.15) is 5.84 Å². The second-order valence-corrected chi connectivity index (χ2v) is 10.6. The lowest BCUT2D eigenvalue weighted by atomic mass is 10.1. The van der Waals surface area contributed by atoms with E-state index in [4.69, 9.17) is 14.9 Å². The van der Waals surface area contributed by atoms with E-state index < -0.39 is 120 Å². The number of rotatable bonds is 13. The number of hydrogen-bond donors (Lipinski definition) is 2. The zero-order valence-electron chi connectivity index (χ0n) is 20.7. The normalized spacial score (nSPS) is 13.3. The van der Waals surface area contributed by atoms with Crippen LogP contribution in [0.15, 0.2) is 25.6 Å². The van der Waals surface area contributed by atoms with Crippen molar-refractivity contribution in [3.63, 3.8) is 0 Å². The predicted molar refractivity (Wildman–Crippen MR) is 147 cm³/mol. The molecule has 40 heavy (non-hydrogen) atoms. The lowest BCUT2D eigenvalue weighted by Gasteiger charge is -2.27. The number of halogens is 6. The van der Waals surface area contributed by atoms with Gasteiger partial charge in [-0.1, -0.05) is 0 Å². The lowest BCUT2D eigenvalue weighted by Crippen LogP contribution is -2.39. The molecule has 18 heteroatoms. The van der Waals surface area contributed by atoms with Crippen molar-refractivity contribution < 1.29 is 42.9 Å². The number of ketones is 1. The molecule has 2 aromatic rings. The Balaban J connectivity index is 2.20. The fourth-order valence-corrected chi connectivity index (χ4v) is 6.77. The highest BCUT2D eigenvalue weighted by molar-refractivity contribution is 7.99. The summed E-state index contributed by atoms with van der Waals surface area (Å²) in [6.45, 7) is 4.04.